The fraction of sp³-hybridized carbons (Fsp3) is 0.571. The van der Waals surface area contributed by atoms with Crippen LogP contribution in [0.15, 0.2) is 29.2 Å². The summed E-state index contributed by atoms with van der Waals surface area (Å²) in [5.74, 6) is 0.973. The predicted molar refractivity (Wildman–Crippen MR) is 76.1 cm³/mol. The molecule has 0 saturated carbocycles. The van der Waals surface area contributed by atoms with E-state index in [1.807, 2.05) is 23.9 Å². The van der Waals surface area contributed by atoms with Crippen molar-refractivity contribution in [1.82, 2.24) is 5.32 Å². The van der Waals surface area contributed by atoms with Crippen molar-refractivity contribution in [3.8, 4) is 5.75 Å². The Bertz CT molecular complexity index is 330. The van der Waals surface area contributed by atoms with E-state index in [4.69, 9.17) is 4.74 Å². The Morgan fingerprint density at radius 2 is 2.00 bits per heavy atom. The summed E-state index contributed by atoms with van der Waals surface area (Å²) in [4.78, 5) is 1.23. The molecule has 0 amide bonds. The van der Waals surface area contributed by atoms with Gasteiger partial charge in [-0.3, -0.25) is 0 Å². The van der Waals surface area contributed by atoms with Crippen LogP contribution < -0.4 is 10.1 Å². The average Bonchev–Trinajstić information content (AvgIpc) is 2.29. The Labute approximate surface area is 109 Å². The molecule has 0 bridgehead atoms. The molecule has 1 rings (SSSR count). The zero-order valence-electron chi connectivity index (χ0n) is 11.2. The van der Waals surface area contributed by atoms with Crippen molar-refractivity contribution in [1.29, 1.82) is 0 Å². The number of para-hydroxylation sites is 1. The fourth-order valence-electron chi connectivity index (χ4n) is 1.91. The molecular weight excluding hydrogens is 230 g/mol. The number of hydrogen-bond donors (Lipinski definition) is 1. The van der Waals surface area contributed by atoms with Gasteiger partial charge in [0.05, 0.1) is 7.11 Å². The number of rotatable bonds is 7. The summed E-state index contributed by atoms with van der Waals surface area (Å²) in [5.41, 5.74) is 0. The summed E-state index contributed by atoms with van der Waals surface area (Å²) in [7, 11) is 1.73. The molecular formula is C14H23NOS. The first-order valence-corrected chi connectivity index (χ1v) is 7.08. The lowest BCUT2D eigenvalue weighted by atomic mass is 10.2. The standard InChI is InChI=1S/C14H23NOS/c1-5-15-11(2)10-12(3)17-14-9-7-6-8-13(14)16-4/h6-9,11-12,15H,5,10H2,1-4H3. The van der Waals surface area contributed by atoms with Crippen molar-refractivity contribution in [2.75, 3.05) is 13.7 Å². The first kappa shape index (κ1) is 14.4. The summed E-state index contributed by atoms with van der Waals surface area (Å²) >= 11 is 1.88. The smallest absolute Gasteiger partial charge is 0.132 e. The average molecular weight is 253 g/mol. The molecule has 0 spiro atoms. The van der Waals surface area contributed by atoms with E-state index in [1.165, 1.54) is 4.90 Å². The Hall–Kier alpha value is -0.670. The van der Waals surface area contributed by atoms with Gasteiger partial charge in [-0.1, -0.05) is 26.0 Å². The summed E-state index contributed by atoms with van der Waals surface area (Å²) in [6.07, 6.45) is 1.16. The number of benzene rings is 1. The first-order chi connectivity index (χ1) is 8.17. The lowest BCUT2D eigenvalue weighted by molar-refractivity contribution is 0.404. The van der Waals surface area contributed by atoms with Gasteiger partial charge in [-0.05, 0) is 32.0 Å². The van der Waals surface area contributed by atoms with Crippen molar-refractivity contribution >= 4 is 11.8 Å². The van der Waals surface area contributed by atoms with E-state index in [0.717, 1.165) is 18.7 Å². The van der Waals surface area contributed by atoms with Crippen molar-refractivity contribution in [2.24, 2.45) is 0 Å². The minimum Gasteiger partial charge on any atom is -0.496 e. The number of thioether (sulfide) groups is 1. The molecule has 1 N–H and O–H groups in total. The molecule has 0 saturated heterocycles. The second-order valence-corrected chi connectivity index (χ2v) is 5.75. The molecule has 17 heavy (non-hydrogen) atoms. The van der Waals surface area contributed by atoms with Crippen LogP contribution in [0, 0.1) is 0 Å². The van der Waals surface area contributed by atoms with Crippen molar-refractivity contribution < 1.29 is 4.74 Å². The minimum absolute atomic E-state index is 0.567. The normalized spacial score (nSPS) is 14.4. The number of ether oxygens (including phenoxy) is 1. The van der Waals surface area contributed by atoms with Gasteiger partial charge in [0.1, 0.15) is 5.75 Å². The largest absolute Gasteiger partial charge is 0.496 e. The van der Waals surface area contributed by atoms with E-state index in [9.17, 15) is 0 Å². The second kappa shape index (κ2) is 7.62. The Balaban J connectivity index is 2.52. The molecule has 3 heteroatoms. The van der Waals surface area contributed by atoms with Crippen LogP contribution in [0.5, 0.6) is 5.75 Å². The highest BCUT2D eigenvalue weighted by Crippen LogP contribution is 2.33. The summed E-state index contributed by atoms with van der Waals surface area (Å²) in [6, 6.07) is 8.78. The van der Waals surface area contributed by atoms with Gasteiger partial charge in [-0.2, -0.15) is 0 Å². The lowest BCUT2D eigenvalue weighted by Crippen LogP contribution is -2.28. The zero-order chi connectivity index (χ0) is 12.7. The van der Waals surface area contributed by atoms with Crippen LogP contribution in [0.25, 0.3) is 0 Å². The SMILES string of the molecule is CCNC(C)CC(C)Sc1ccccc1OC. The summed E-state index contributed by atoms with van der Waals surface area (Å²) < 4.78 is 5.36. The van der Waals surface area contributed by atoms with Crippen LogP contribution in [0.2, 0.25) is 0 Å². The van der Waals surface area contributed by atoms with Crippen LogP contribution in [0.3, 0.4) is 0 Å². The van der Waals surface area contributed by atoms with Crippen molar-refractivity contribution in [3.63, 3.8) is 0 Å². The van der Waals surface area contributed by atoms with Gasteiger partial charge in [-0.25, -0.2) is 0 Å². The van der Waals surface area contributed by atoms with Gasteiger partial charge >= 0.3 is 0 Å². The molecule has 0 aliphatic carbocycles. The molecule has 0 fully saturated rings. The minimum atomic E-state index is 0.567. The van der Waals surface area contributed by atoms with Gasteiger partial charge in [0.15, 0.2) is 0 Å². The van der Waals surface area contributed by atoms with Crippen LogP contribution in [-0.2, 0) is 0 Å². The maximum atomic E-state index is 5.36. The lowest BCUT2D eigenvalue weighted by Gasteiger charge is -2.18. The van der Waals surface area contributed by atoms with E-state index in [1.54, 1.807) is 7.11 Å². The summed E-state index contributed by atoms with van der Waals surface area (Å²) in [6.45, 7) is 7.69. The molecule has 1 aromatic carbocycles. The van der Waals surface area contributed by atoms with E-state index in [-0.39, 0.29) is 0 Å². The molecule has 0 aliphatic heterocycles. The van der Waals surface area contributed by atoms with E-state index in [0.29, 0.717) is 11.3 Å². The number of methoxy groups -OCH3 is 1. The third-order valence-electron chi connectivity index (χ3n) is 2.64. The van der Waals surface area contributed by atoms with Crippen LogP contribution in [0.4, 0.5) is 0 Å². The topological polar surface area (TPSA) is 21.3 Å². The molecule has 0 heterocycles. The Kier molecular flexibility index (Phi) is 6.45. The van der Waals surface area contributed by atoms with Gasteiger partial charge in [0.2, 0.25) is 0 Å². The van der Waals surface area contributed by atoms with Crippen molar-refractivity contribution in [3.05, 3.63) is 24.3 Å². The van der Waals surface area contributed by atoms with E-state index in [2.05, 4.69) is 38.2 Å². The monoisotopic (exact) mass is 253 g/mol. The fourth-order valence-corrected chi connectivity index (χ4v) is 3.15. The molecule has 96 valence electrons. The molecule has 2 atom stereocenters. The highest BCUT2D eigenvalue weighted by Gasteiger charge is 2.11. The van der Waals surface area contributed by atoms with E-state index < -0.39 is 0 Å². The second-order valence-electron chi connectivity index (χ2n) is 4.27. The molecule has 1 aromatic rings. The Morgan fingerprint density at radius 3 is 2.65 bits per heavy atom. The maximum absolute atomic E-state index is 5.36. The van der Waals surface area contributed by atoms with Crippen LogP contribution in [-0.4, -0.2) is 24.9 Å². The number of nitrogens with one attached hydrogen (secondary N) is 1. The Morgan fingerprint density at radius 1 is 1.29 bits per heavy atom. The van der Waals surface area contributed by atoms with Gasteiger partial charge in [0, 0.05) is 16.2 Å². The van der Waals surface area contributed by atoms with Crippen molar-refractivity contribution in [2.45, 2.75) is 43.4 Å². The van der Waals surface area contributed by atoms with Crippen LogP contribution >= 0.6 is 11.8 Å². The molecule has 2 nitrogen and oxygen atoms in total. The third kappa shape index (κ3) is 5.00. The molecule has 2 unspecified atom stereocenters. The molecule has 0 aliphatic rings. The highest BCUT2D eigenvalue weighted by atomic mass is 32.2. The first-order valence-electron chi connectivity index (χ1n) is 6.20. The molecule has 0 aromatic heterocycles. The zero-order valence-corrected chi connectivity index (χ0v) is 12.0. The highest BCUT2D eigenvalue weighted by molar-refractivity contribution is 8.00. The predicted octanol–water partition coefficient (Wildman–Crippen LogP) is 3.56. The third-order valence-corrected chi connectivity index (χ3v) is 3.82. The van der Waals surface area contributed by atoms with Gasteiger partial charge in [0.25, 0.3) is 0 Å². The molecule has 0 radical (unpaired) electrons. The van der Waals surface area contributed by atoms with Gasteiger partial charge in [-0.15, -0.1) is 11.8 Å². The summed E-state index contributed by atoms with van der Waals surface area (Å²) in [5, 5.41) is 4.03. The van der Waals surface area contributed by atoms with E-state index >= 15 is 0 Å². The maximum Gasteiger partial charge on any atom is 0.132 e. The quantitative estimate of drug-likeness (QED) is 0.751. The van der Waals surface area contributed by atoms with Gasteiger partial charge < -0.3 is 10.1 Å². The van der Waals surface area contributed by atoms with Crippen LogP contribution in [0.1, 0.15) is 27.2 Å². The number of hydrogen-bond acceptors (Lipinski definition) is 3.